The molecule has 7 heteroatoms. The first kappa shape index (κ1) is 22.1. The van der Waals surface area contributed by atoms with E-state index < -0.39 is 6.10 Å². The normalized spacial score (nSPS) is 22.1. The first-order chi connectivity index (χ1) is 16.5. The van der Waals surface area contributed by atoms with Crippen LogP contribution in [0.15, 0.2) is 72.8 Å². The molecule has 0 radical (unpaired) electrons. The standard InChI is InChI=1S/C27H28N4O3/c1-17-13-24(31-25(28-17)15-22(30-31)19-9-5-3-6-10-19)29-23-14-21(16-32)18(2)26(23)34-27(33)20-11-7-4-8-12-20/h3-13,15,18,21,23,26,29,32H,14,16H2,1-2H3/t18-,21-,23-,26?/m1/s1. The average Bonchev–Trinajstić information content (AvgIpc) is 3.41. The summed E-state index contributed by atoms with van der Waals surface area (Å²) in [5.41, 5.74) is 3.96. The molecule has 4 atom stereocenters. The number of hydrogen-bond donors (Lipinski definition) is 2. The number of carbonyl (C=O) groups is 1. The van der Waals surface area contributed by atoms with Gasteiger partial charge in [0.05, 0.1) is 17.3 Å². The van der Waals surface area contributed by atoms with Crippen LogP contribution >= 0.6 is 0 Å². The van der Waals surface area contributed by atoms with Crippen LogP contribution in [0.2, 0.25) is 0 Å². The molecule has 2 heterocycles. The number of carbonyl (C=O) groups excluding carboxylic acids is 1. The number of hydrogen-bond acceptors (Lipinski definition) is 6. The number of aryl methyl sites for hydroxylation is 1. The Bertz CT molecular complexity index is 1290. The molecular formula is C27H28N4O3. The molecule has 4 aromatic rings. The molecule has 1 aliphatic rings. The van der Waals surface area contributed by atoms with Crippen LogP contribution in [0.1, 0.15) is 29.4 Å². The van der Waals surface area contributed by atoms with Crippen molar-refractivity contribution >= 4 is 17.4 Å². The molecular weight excluding hydrogens is 428 g/mol. The number of aromatic nitrogens is 3. The van der Waals surface area contributed by atoms with Gasteiger partial charge in [0.1, 0.15) is 11.9 Å². The van der Waals surface area contributed by atoms with Crippen LogP contribution in [0.4, 0.5) is 5.82 Å². The summed E-state index contributed by atoms with van der Waals surface area (Å²) in [6.07, 6.45) is 0.289. The van der Waals surface area contributed by atoms with Crippen LogP contribution < -0.4 is 5.32 Å². The zero-order chi connectivity index (χ0) is 23.7. The Morgan fingerprint density at radius 2 is 1.82 bits per heavy atom. The molecule has 0 saturated heterocycles. The van der Waals surface area contributed by atoms with E-state index in [0.717, 1.165) is 28.4 Å². The van der Waals surface area contributed by atoms with E-state index in [2.05, 4.69) is 10.3 Å². The van der Waals surface area contributed by atoms with Crippen LogP contribution in [0.3, 0.4) is 0 Å². The van der Waals surface area contributed by atoms with E-state index in [-0.39, 0.29) is 30.5 Å². The highest BCUT2D eigenvalue weighted by molar-refractivity contribution is 5.89. The number of nitrogens with one attached hydrogen (secondary N) is 1. The van der Waals surface area contributed by atoms with Crippen molar-refractivity contribution in [1.29, 1.82) is 0 Å². The molecule has 1 unspecified atom stereocenters. The van der Waals surface area contributed by atoms with Crippen molar-refractivity contribution < 1.29 is 14.6 Å². The van der Waals surface area contributed by atoms with Gasteiger partial charge in [0, 0.05) is 35.9 Å². The fourth-order valence-electron chi connectivity index (χ4n) is 4.79. The van der Waals surface area contributed by atoms with Crippen molar-refractivity contribution in [3.63, 3.8) is 0 Å². The number of rotatable bonds is 6. The number of fused-ring (bicyclic) bond motifs is 1. The summed E-state index contributed by atoms with van der Waals surface area (Å²) < 4.78 is 7.78. The van der Waals surface area contributed by atoms with Crippen LogP contribution in [0.5, 0.6) is 0 Å². The Morgan fingerprint density at radius 3 is 2.53 bits per heavy atom. The first-order valence-corrected chi connectivity index (χ1v) is 11.6. The monoisotopic (exact) mass is 456 g/mol. The minimum atomic E-state index is -0.391. The molecule has 0 bridgehead atoms. The van der Waals surface area contributed by atoms with Crippen LogP contribution in [-0.4, -0.2) is 44.4 Å². The van der Waals surface area contributed by atoms with E-state index >= 15 is 0 Å². The lowest BCUT2D eigenvalue weighted by molar-refractivity contribution is 0.0154. The van der Waals surface area contributed by atoms with Crippen LogP contribution in [-0.2, 0) is 4.74 Å². The second-order valence-electron chi connectivity index (χ2n) is 8.97. The summed E-state index contributed by atoms with van der Waals surface area (Å²) >= 11 is 0. The molecule has 2 aromatic carbocycles. The highest BCUT2D eigenvalue weighted by Crippen LogP contribution is 2.36. The third-order valence-electron chi connectivity index (χ3n) is 6.66. The SMILES string of the molecule is Cc1cc(N[C@@H]2C[C@H](CO)[C@@H](C)C2OC(=O)c2ccccc2)n2nc(-c3ccccc3)cc2n1. The largest absolute Gasteiger partial charge is 0.456 e. The number of anilines is 1. The smallest absolute Gasteiger partial charge is 0.338 e. The second-order valence-corrected chi connectivity index (χ2v) is 8.97. The highest BCUT2D eigenvalue weighted by atomic mass is 16.5. The Labute approximate surface area is 198 Å². The highest BCUT2D eigenvalue weighted by Gasteiger charge is 2.43. The maximum absolute atomic E-state index is 12.8. The molecule has 174 valence electrons. The zero-order valence-corrected chi connectivity index (χ0v) is 19.3. The molecule has 0 spiro atoms. The average molecular weight is 457 g/mol. The first-order valence-electron chi connectivity index (χ1n) is 11.6. The fourth-order valence-corrected chi connectivity index (χ4v) is 4.79. The summed E-state index contributed by atoms with van der Waals surface area (Å²) in [6, 6.07) is 22.7. The van der Waals surface area contributed by atoms with Crippen molar-refractivity contribution in [3.8, 4) is 11.3 Å². The molecule has 1 aliphatic carbocycles. The summed E-state index contributed by atoms with van der Waals surface area (Å²) in [5.74, 6) is 0.457. The number of benzene rings is 2. The van der Waals surface area contributed by atoms with Crippen molar-refractivity contribution in [3.05, 3.63) is 84.1 Å². The molecule has 0 amide bonds. The Morgan fingerprint density at radius 1 is 1.12 bits per heavy atom. The fraction of sp³-hybridized carbons (Fsp3) is 0.296. The molecule has 7 nitrogen and oxygen atoms in total. The quantitative estimate of drug-likeness (QED) is 0.419. The van der Waals surface area contributed by atoms with E-state index in [4.69, 9.17) is 9.84 Å². The van der Waals surface area contributed by atoms with Gasteiger partial charge >= 0.3 is 5.97 Å². The van der Waals surface area contributed by atoms with E-state index in [1.165, 1.54) is 0 Å². The van der Waals surface area contributed by atoms with E-state index in [0.29, 0.717) is 12.0 Å². The topological polar surface area (TPSA) is 88.8 Å². The second kappa shape index (κ2) is 9.27. The lowest BCUT2D eigenvalue weighted by Crippen LogP contribution is -2.36. The maximum Gasteiger partial charge on any atom is 0.338 e. The van der Waals surface area contributed by atoms with Gasteiger partial charge in [-0.2, -0.15) is 9.61 Å². The van der Waals surface area contributed by atoms with Gasteiger partial charge in [0.25, 0.3) is 0 Å². The minimum absolute atomic E-state index is 0.00564. The third-order valence-corrected chi connectivity index (χ3v) is 6.66. The van der Waals surface area contributed by atoms with E-state index in [1.807, 2.05) is 74.5 Å². The lowest BCUT2D eigenvalue weighted by Gasteiger charge is -2.25. The van der Waals surface area contributed by atoms with Crippen molar-refractivity contribution in [2.75, 3.05) is 11.9 Å². The molecule has 5 rings (SSSR count). The third kappa shape index (κ3) is 4.26. The number of ether oxygens (including phenoxy) is 1. The maximum atomic E-state index is 12.8. The number of nitrogens with zero attached hydrogens (tertiary/aromatic N) is 3. The van der Waals surface area contributed by atoms with Crippen LogP contribution in [0, 0.1) is 18.8 Å². The Kier molecular flexibility index (Phi) is 6.02. The summed E-state index contributed by atoms with van der Waals surface area (Å²) in [7, 11) is 0. The lowest BCUT2D eigenvalue weighted by atomic mass is 9.98. The predicted octanol–water partition coefficient (Wildman–Crippen LogP) is 4.36. The van der Waals surface area contributed by atoms with Gasteiger partial charge in [0.2, 0.25) is 0 Å². The molecule has 1 saturated carbocycles. The van der Waals surface area contributed by atoms with E-state index in [9.17, 15) is 9.90 Å². The minimum Gasteiger partial charge on any atom is -0.456 e. The number of esters is 1. The molecule has 2 aromatic heterocycles. The van der Waals surface area contributed by atoms with E-state index in [1.54, 1.807) is 16.6 Å². The zero-order valence-electron chi connectivity index (χ0n) is 19.3. The van der Waals surface area contributed by atoms with Gasteiger partial charge in [-0.15, -0.1) is 0 Å². The molecule has 0 aliphatic heterocycles. The summed E-state index contributed by atoms with van der Waals surface area (Å²) in [4.78, 5) is 17.5. The van der Waals surface area contributed by atoms with Gasteiger partial charge in [-0.3, -0.25) is 0 Å². The van der Waals surface area contributed by atoms with Crippen molar-refractivity contribution in [2.24, 2.45) is 11.8 Å². The predicted molar refractivity (Wildman–Crippen MR) is 131 cm³/mol. The summed E-state index contributed by atoms with van der Waals surface area (Å²) in [6.45, 7) is 4.02. The van der Waals surface area contributed by atoms with Gasteiger partial charge in [0.15, 0.2) is 5.65 Å². The van der Waals surface area contributed by atoms with Gasteiger partial charge in [-0.05, 0) is 31.4 Å². The van der Waals surface area contributed by atoms with Crippen molar-refractivity contribution in [1.82, 2.24) is 14.6 Å². The van der Waals surface area contributed by atoms with Crippen LogP contribution in [0.25, 0.3) is 16.9 Å². The van der Waals surface area contributed by atoms with Gasteiger partial charge < -0.3 is 15.2 Å². The molecule has 1 fully saturated rings. The van der Waals surface area contributed by atoms with Crippen molar-refractivity contribution in [2.45, 2.75) is 32.4 Å². The number of aliphatic hydroxyl groups excluding tert-OH is 1. The molecule has 2 N–H and O–H groups in total. The van der Waals surface area contributed by atoms with Gasteiger partial charge in [-0.1, -0.05) is 55.5 Å². The Balaban J connectivity index is 1.46. The summed E-state index contributed by atoms with van der Waals surface area (Å²) in [5, 5.41) is 18.3. The molecule has 34 heavy (non-hydrogen) atoms. The number of aliphatic hydroxyl groups is 1. The Hall–Kier alpha value is -3.71. The van der Waals surface area contributed by atoms with Gasteiger partial charge in [-0.25, -0.2) is 9.78 Å².